The van der Waals surface area contributed by atoms with E-state index in [2.05, 4.69) is 9.55 Å². The summed E-state index contributed by atoms with van der Waals surface area (Å²) in [6.45, 7) is -1.59. The molecule has 20 heavy (non-hydrogen) atoms. The Morgan fingerprint density at radius 1 is 1.30 bits per heavy atom. The molecule has 1 aliphatic rings. The Labute approximate surface area is 119 Å². The molecule has 0 radical (unpaired) electrons. The lowest BCUT2D eigenvalue weighted by Gasteiger charge is -1.96. The van der Waals surface area contributed by atoms with Gasteiger partial charge in [0.05, 0.1) is 28.4 Å². The molecule has 96 valence electrons. The van der Waals surface area contributed by atoms with Crippen molar-refractivity contribution < 1.29 is 8.68 Å². The first kappa shape index (κ1) is 7.85. The largest absolute Gasteiger partial charge is 0.316 e. The molecule has 0 amide bonds. The molecule has 0 N–H and O–H groups in total. The van der Waals surface area contributed by atoms with E-state index in [4.69, 9.17) is 4.11 Å². The summed E-state index contributed by atoms with van der Waals surface area (Å²) in [6.07, 6.45) is 7.44. The zero-order valence-corrected chi connectivity index (χ0v) is 10.6. The van der Waals surface area contributed by atoms with Crippen molar-refractivity contribution in [3.05, 3.63) is 54.6 Å². The highest BCUT2D eigenvalue weighted by Gasteiger charge is 2.34. The molecule has 0 bridgehead atoms. The van der Waals surface area contributed by atoms with Gasteiger partial charge in [0.15, 0.2) is 11.0 Å². The maximum atomic E-state index is 8.05. The highest BCUT2D eigenvalue weighted by Crippen LogP contribution is 2.34. The van der Waals surface area contributed by atoms with Crippen LogP contribution >= 0.6 is 0 Å². The fourth-order valence-electron chi connectivity index (χ4n) is 3.22. The van der Waals surface area contributed by atoms with Gasteiger partial charge in [0, 0.05) is 24.2 Å². The van der Waals surface area contributed by atoms with Gasteiger partial charge < -0.3 is 4.40 Å². The maximum Gasteiger partial charge on any atom is 0.292 e. The smallest absolute Gasteiger partial charge is 0.292 e. The Morgan fingerprint density at radius 3 is 3.25 bits per heavy atom. The van der Waals surface area contributed by atoms with E-state index in [1.807, 2.05) is 41.1 Å². The topological polar surface area (TPSA) is 26.1 Å². The lowest BCUT2D eigenvalue weighted by Crippen LogP contribution is -2.29. The predicted molar refractivity (Wildman–Crippen MR) is 76.4 cm³/mol. The number of hydrogen-bond donors (Lipinski definition) is 0. The lowest BCUT2D eigenvalue weighted by atomic mass is 10.2. The third kappa shape index (κ3) is 1.04. The number of aromatic nitrogens is 4. The fourth-order valence-corrected chi connectivity index (χ4v) is 3.22. The Morgan fingerprint density at radius 2 is 2.30 bits per heavy atom. The molecular weight excluding hydrogens is 248 g/mol. The van der Waals surface area contributed by atoms with Crippen LogP contribution in [0.4, 0.5) is 0 Å². The molecule has 4 nitrogen and oxygen atoms in total. The van der Waals surface area contributed by atoms with Gasteiger partial charge in [-0.05, 0) is 18.2 Å². The summed E-state index contributed by atoms with van der Waals surface area (Å²) >= 11 is 0. The first-order valence-electron chi connectivity index (χ1n) is 8.03. The first-order valence-corrected chi connectivity index (χ1v) is 6.53. The van der Waals surface area contributed by atoms with Crippen LogP contribution in [0.15, 0.2) is 49.1 Å². The number of fused-ring (bicyclic) bond motifs is 7. The summed E-state index contributed by atoms with van der Waals surface area (Å²) in [5.41, 5.74) is 4.57. The number of pyridine rings is 2. The molecule has 5 heterocycles. The summed E-state index contributed by atoms with van der Waals surface area (Å²) in [5.74, 6) is 0.712. The van der Waals surface area contributed by atoms with Gasteiger partial charge in [-0.15, -0.1) is 0 Å². The van der Waals surface area contributed by atoms with E-state index in [-0.39, 0.29) is 0 Å². The number of aryl methyl sites for hydroxylation is 1. The number of imidazole rings is 1. The monoisotopic (exact) mass is 264 g/mol. The van der Waals surface area contributed by atoms with Crippen LogP contribution < -0.4 is 4.57 Å². The third-order valence-corrected chi connectivity index (χ3v) is 4.10. The van der Waals surface area contributed by atoms with Crippen LogP contribution in [0.3, 0.4) is 0 Å². The predicted octanol–water partition coefficient (Wildman–Crippen LogP) is 2.14. The van der Waals surface area contributed by atoms with E-state index in [0.29, 0.717) is 12.4 Å². The first-order chi connectivity index (χ1) is 11.1. The zero-order valence-electron chi connectivity index (χ0n) is 13.6. The normalized spacial score (nSPS) is 15.9. The minimum atomic E-state index is -2.26. The average molecular weight is 264 g/mol. The molecule has 0 aromatic carbocycles. The van der Waals surface area contributed by atoms with Gasteiger partial charge in [-0.3, -0.25) is 4.98 Å². The van der Waals surface area contributed by atoms with Crippen LogP contribution in [-0.4, -0.2) is 14.0 Å². The lowest BCUT2D eigenvalue weighted by molar-refractivity contribution is -0.633. The van der Waals surface area contributed by atoms with Crippen LogP contribution in [0.25, 0.3) is 27.9 Å². The summed E-state index contributed by atoms with van der Waals surface area (Å²) in [6, 6.07) is 7.77. The van der Waals surface area contributed by atoms with E-state index < -0.39 is 6.98 Å². The average Bonchev–Trinajstić information content (AvgIpc) is 3.13. The van der Waals surface area contributed by atoms with Gasteiger partial charge >= 0.3 is 0 Å². The van der Waals surface area contributed by atoms with E-state index >= 15 is 0 Å². The standard InChI is InChI=1S/C16H13N4/c1-18-15-13-4-2-3-7-19(13)10-14(15)20-9-11-5-6-17-8-12(11)16(18)20/h2-8,10H,9H2,1H3/q+1/i1D3. The van der Waals surface area contributed by atoms with Crippen LogP contribution in [0.5, 0.6) is 0 Å². The highest BCUT2D eigenvalue weighted by molar-refractivity contribution is 5.92. The minimum absolute atomic E-state index is 0.670. The second kappa shape index (κ2) is 3.28. The van der Waals surface area contributed by atoms with Crippen molar-refractivity contribution in [1.82, 2.24) is 14.0 Å². The van der Waals surface area contributed by atoms with E-state index in [9.17, 15) is 0 Å². The van der Waals surface area contributed by atoms with Crippen molar-refractivity contribution in [2.24, 2.45) is 6.98 Å². The molecule has 0 saturated heterocycles. The van der Waals surface area contributed by atoms with Crippen LogP contribution in [-0.2, 0) is 13.5 Å². The van der Waals surface area contributed by atoms with Crippen molar-refractivity contribution in [2.45, 2.75) is 6.54 Å². The summed E-state index contributed by atoms with van der Waals surface area (Å²) in [7, 11) is 0. The molecule has 0 unspecified atom stereocenters. The van der Waals surface area contributed by atoms with Crippen LogP contribution in [0.2, 0.25) is 0 Å². The number of nitrogens with zero attached hydrogens (tertiary/aromatic N) is 4. The van der Waals surface area contributed by atoms with E-state index in [1.165, 1.54) is 4.57 Å². The third-order valence-electron chi connectivity index (χ3n) is 4.10. The van der Waals surface area contributed by atoms with Gasteiger partial charge in [-0.25, -0.2) is 9.13 Å². The Kier molecular flexibility index (Phi) is 1.29. The molecule has 0 fully saturated rings. The van der Waals surface area contributed by atoms with Crippen LogP contribution in [0, 0.1) is 0 Å². The van der Waals surface area contributed by atoms with Gasteiger partial charge in [-0.2, -0.15) is 0 Å². The summed E-state index contributed by atoms with van der Waals surface area (Å²) < 4.78 is 29.7. The van der Waals surface area contributed by atoms with Crippen LogP contribution in [0.1, 0.15) is 9.68 Å². The van der Waals surface area contributed by atoms with Crippen molar-refractivity contribution in [3.63, 3.8) is 0 Å². The molecule has 0 aliphatic carbocycles. The number of rotatable bonds is 0. The molecular formula is C16H13N4+. The minimum Gasteiger partial charge on any atom is -0.316 e. The van der Waals surface area contributed by atoms with Crippen molar-refractivity contribution >= 4 is 16.6 Å². The van der Waals surface area contributed by atoms with E-state index in [0.717, 1.165) is 27.7 Å². The van der Waals surface area contributed by atoms with E-state index in [1.54, 1.807) is 12.4 Å². The molecule has 4 aromatic heterocycles. The molecule has 0 atom stereocenters. The SMILES string of the molecule is [2H]C([2H])([2H])[n+]1c2n(c3cn4ccccc4c31)Cc1ccncc1-2. The van der Waals surface area contributed by atoms with Crippen molar-refractivity contribution in [3.8, 4) is 11.4 Å². The van der Waals surface area contributed by atoms with Gasteiger partial charge in [0.1, 0.15) is 6.54 Å². The quantitative estimate of drug-likeness (QED) is 0.394. The Hall–Kier alpha value is -2.62. The molecule has 1 aliphatic heterocycles. The summed E-state index contributed by atoms with van der Waals surface area (Å²) in [4.78, 5) is 4.18. The molecule has 4 aromatic rings. The number of hydrogen-bond acceptors (Lipinski definition) is 1. The van der Waals surface area contributed by atoms with Crippen molar-refractivity contribution in [1.29, 1.82) is 0 Å². The van der Waals surface area contributed by atoms with Crippen molar-refractivity contribution in [2.75, 3.05) is 0 Å². The maximum absolute atomic E-state index is 8.05. The fraction of sp³-hybridized carbons (Fsp3) is 0.125. The Balaban J connectivity index is 2.01. The highest BCUT2D eigenvalue weighted by atomic mass is 15.2. The van der Waals surface area contributed by atoms with Gasteiger partial charge in [0.25, 0.3) is 5.82 Å². The molecule has 0 saturated carbocycles. The molecule has 4 heteroatoms. The van der Waals surface area contributed by atoms with Gasteiger partial charge in [0.2, 0.25) is 0 Å². The zero-order chi connectivity index (χ0) is 15.8. The second-order valence-corrected chi connectivity index (χ2v) is 5.13. The second-order valence-electron chi connectivity index (χ2n) is 5.13. The molecule has 5 rings (SSSR count). The molecule has 0 spiro atoms. The van der Waals surface area contributed by atoms with Gasteiger partial charge in [-0.1, -0.05) is 6.07 Å². The Bertz CT molecular complexity index is 1090. The summed E-state index contributed by atoms with van der Waals surface area (Å²) in [5, 5.41) is 0.